The molecule has 1 heterocycles. The van der Waals surface area contributed by atoms with Crippen LogP contribution in [0.2, 0.25) is 5.02 Å². The van der Waals surface area contributed by atoms with Gasteiger partial charge in [0.05, 0.1) is 11.1 Å². The van der Waals surface area contributed by atoms with E-state index in [-0.39, 0.29) is 15.8 Å². The molecule has 0 bridgehead atoms. The highest BCUT2D eigenvalue weighted by Crippen LogP contribution is 2.22. The predicted molar refractivity (Wildman–Crippen MR) is 77.0 cm³/mol. The van der Waals surface area contributed by atoms with E-state index in [9.17, 15) is 17.6 Å². The molecule has 0 aromatic heterocycles. The molecule has 116 valence electrons. The van der Waals surface area contributed by atoms with Crippen molar-refractivity contribution in [2.45, 2.75) is 30.7 Å². The molecule has 1 saturated heterocycles. The monoisotopic (exact) mass is 334 g/mol. The Morgan fingerprint density at radius 2 is 2.00 bits per heavy atom. The van der Waals surface area contributed by atoms with Crippen LogP contribution in [0.3, 0.4) is 0 Å². The van der Waals surface area contributed by atoms with Gasteiger partial charge in [0, 0.05) is 13.1 Å². The van der Waals surface area contributed by atoms with E-state index < -0.39 is 21.9 Å². The molecule has 1 amide bonds. The molecule has 0 spiro atoms. The number of nitrogens with zero attached hydrogens (tertiary/aromatic N) is 1. The van der Waals surface area contributed by atoms with E-state index in [1.165, 1.54) is 6.92 Å². The summed E-state index contributed by atoms with van der Waals surface area (Å²) < 4.78 is 39.7. The molecule has 8 heteroatoms. The zero-order chi connectivity index (χ0) is 15.6. The molecule has 2 rings (SSSR count). The van der Waals surface area contributed by atoms with Gasteiger partial charge in [-0.25, -0.2) is 12.8 Å². The van der Waals surface area contributed by atoms with Crippen LogP contribution in [0.5, 0.6) is 0 Å². The number of carbonyl (C=O) groups is 1. The maximum atomic E-state index is 13.0. The second kappa shape index (κ2) is 6.29. The Labute approximate surface area is 128 Å². The highest BCUT2D eigenvalue weighted by Gasteiger charge is 2.28. The van der Waals surface area contributed by atoms with Crippen molar-refractivity contribution in [1.82, 2.24) is 9.62 Å². The molecule has 0 unspecified atom stereocenters. The average Bonchev–Trinajstić information content (AvgIpc) is 2.90. The molecule has 1 N–H and O–H groups in total. The van der Waals surface area contributed by atoms with Crippen LogP contribution in [0.25, 0.3) is 0 Å². The van der Waals surface area contributed by atoms with Crippen molar-refractivity contribution in [3.63, 3.8) is 0 Å². The number of halogens is 2. The summed E-state index contributed by atoms with van der Waals surface area (Å²) in [6.45, 7) is 2.76. The van der Waals surface area contributed by atoms with Gasteiger partial charge in [-0.15, -0.1) is 0 Å². The summed E-state index contributed by atoms with van der Waals surface area (Å²) in [7, 11) is -3.98. The average molecular weight is 335 g/mol. The first-order valence-corrected chi connectivity index (χ1v) is 8.43. The van der Waals surface area contributed by atoms with Crippen LogP contribution in [-0.4, -0.2) is 38.4 Å². The molecule has 1 fully saturated rings. The molecule has 0 radical (unpaired) electrons. The van der Waals surface area contributed by atoms with Crippen molar-refractivity contribution in [3.8, 4) is 0 Å². The Balaban J connectivity index is 2.14. The molecular formula is C13H16ClFN2O3S. The minimum Gasteiger partial charge on any atom is -0.341 e. The zero-order valence-corrected chi connectivity index (χ0v) is 13.0. The van der Waals surface area contributed by atoms with E-state index >= 15 is 0 Å². The highest BCUT2D eigenvalue weighted by molar-refractivity contribution is 7.89. The van der Waals surface area contributed by atoms with Crippen LogP contribution in [0.1, 0.15) is 19.8 Å². The van der Waals surface area contributed by atoms with Gasteiger partial charge in [0.15, 0.2) is 0 Å². The Morgan fingerprint density at radius 1 is 1.38 bits per heavy atom. The lowest BCUT2D eigenvalue weighted by Gasteiger charge is -2.21. The third-order valence-corrected chi connectivity index (χ3v) is 5.33. The van der Waals surface area contributed by atoms with E-state index in [2.05, 4.69) is 4.72 Å². The minimum atomic E-state index is -3.98. The maximum absolute atomic E-state index is 13.0. The summed E-state index contributed by atoms with van der Waals surface area (Å²) in [5, 5.41) is -0.219. The normalized spacial score (nSPS) is 17.0. The maximum Gasteiger partial charge on any atom is 0.242 e. The largest absolute Gasteiger partial charge is 0.341 e. The number of hydrogen-bond donors (Lipinski definition) is 1. The summed E-state index contributed by atoms with van der Waals surface area (Å²) in [6.07, 6.45) is 1.85. The van der Waals surface area contributed by atoms with Crippen molar-refractivity contribution in [3.05, 3.63) is 29.0 Å². The standard InChI is InChI=1S/C13H16ClFN2O3S/c1-9(13(18)17-6-2-3-7-17)16-21(19,20)12-5-4-10(15)8-11(12)14/h4-5,8-9,16H,2-3,6-7H2,1H3/t9-/m1/s1. The summed E-state index contributed by atoms with van der Waals surface area (Å²) in [5.74, 6) is -0.894. The summed E-state index contributed by atoms with van der Waals surface area (Å²) in [4.78, 5) is 13.5. The van der Waals surface area contributed by atoms with Crippen LogP contribution in [0, 0.1) is 5.82 Å². The van der Waals surface area contributed by atoms with Gasteiger partial charge in [0.25, 0.3) is 0 Å². The SMILES string of the molecule is C[C@@H](NS(=O)(=O)c1ccc(F)cc1Cl)C(=O)N1CCCC1. The number of rotatable bonds is 4. The molecule has 1 aliphatic rings. The Bertz CT molecular complexity index is 645. The van der Waals surface area contributed by atoms with Crippen LogP contribution in [0.15, 0.2) is 23.1 Å². The van der Waals surface area contributed by atoms with E-state index in [1.54, 1.807) is 4.90 Å². The quantitative estimate of drug-likeness (QED) is 0.912. The minimum absolute atomic E-state index is 0.219. The summed E-state index contributed by atoms with van der Waals surface area (Å²) in [5.41, 5.74) is 0. The summed E-state index contributed by atoms with van der Waals surface area (Å²) >= 11 is 5.75. The molecular weight excluding hydrogens is 319 g/mol. The van der Waals surface area contributed by atoms with Crippen molar-refractivity contribution >= 4 is 27.5 Å². The third-order valence-electron chi connectivity index (χ3n) is 3.30. The highest BCUT2D eigenvalue weighted by atomic mass is 35.5. The van der Waals surface area contributed by atoms with Crippen LogP contribution < -0.4 is 4.72 Å². The van der Waals surface area contributed by atoms with Crippen molar-refractivity contribution < 1.29 is 17.6 Å². The number of sulfonamides is 1. The fourth-order valence-corrected chi connectivity index (χ4v) is 3.98. The molecule has 0 saturated carbocycles. The van der Waals surface area contributed by atoms with Gasteiger partial charge < -0.3 is 4.90 Å². The van der Waals surface area contributed by atoms with Gasteiger partial charge >= 0.3 is 0 Å². The second-order valence-corrected chi connectivity index (χ2v) is 7.04. The molecule has 1 aromatic rings. The Kier molecular flexibility index (Phi) is 4.85. The van der Waals surface area contributed by atoms with E-state index in [4.69, 9.17) is 11.6 Å². The number of amides is 1. The molecule has 0 aliphatic carbocycles. The molecule has 21 heavy (non-hydrogen) atoms. The smallest absolute Gasteiger partial charge is 0.242 e. The van der Waals surface area contributed by atoms with Gasteiger partial charge in [-0.2, -0.15) is 4.72 Å². The van der Waals surface area contributed by atoms with Crippen molar-refractivity contribution in [1.29, 1.82) is 0 Å². The fraction of sp³-hybridized carbons (Fsp3) is 0.462. The first-order valence-electron chi connectivity index (χ1n) is 6.57. The molecule has 1 aromatic carbocycles. The van der Waals surface area contributed by atoms with Crippen molar-refractivity contribution in [2.24, 2.45) is 0 Å². The lowest BCUT2D eigenvalue weighted by atomic mass is 10.3. The number of nitrogens with one attached hydrogen (secondary N) is 1. The van der Waals surface area contributed by atoms with Gasteiger partial charge in [-0.3, -0.25) is 4.79 Å². The topological polar surface area (TPSA) is 66.5 Å². The van der Waals surface area contributed by atoms with E-state index in [0.717, 1.165) is 31.0 Å². The molecule has 1 aliphatic heterocycles. The molecule has 5 nitrogen and oxygen atoms in total. The Hall–Kier alpha value is -1.18. The first-order chi connectivity index (χ1) is 9.81. The van der Waals surface area contributed by atoms with Gasteiger partial charge in [0.1, 0.15) is 10.7 Å². The van der Waals surface area contributed by atoms with Crippen molar-refractivity contribution in [2.75, 3.05) is 13.1 Å². The lowest BCUT2D eigenvalue weighted by Crippen LogP contribution is -2.45. The van der Waals surface area contributed by atoms with Crippen LogP contribution in [-0.2, 0) is 14.8 Å². The summed E-state index contributed by atoms with van der Waals surface area (Å²) in [6, 6.07) is 2.11. The van der Waals surface area contributed by atoms with Crippen LogP contribution in [0.4, 0.5) is 4.39 Å². The third kappa shape index (κ3) is 3.72. The predicted octanol–water partition coefficient (Wildman–Crippen LogP) is 1.77. The van der Waals surface area contributed by atoms with Gasteiger partial charge in [0.2, 0.25) is 15.9 Å². The number of likely N-dealkylation sites (tertiary alicyclic amines) is 1. The molecule has 1 atom stereocenters. The zero-order valence-electron chi connectivity index (χ0n) is 11.5. The van der Waals surface area contributed by atoms with E-state index in [0.29, 0.717) is 13.1 Å². The first kappa shape index (κ1) is 16.2. The van der Waals surface area contributed by atoms with Gasteiger partial charge in [-0.05, 0) is 38.0 Å². The van der Waals surface area contributed by atoms with Gasteiger partial charge in [-0.1, -0.05) is 11.6 Å². The fourth-order valence-electron chi connectivity index (χ4n) is 2.25. The Morgan fingerprint density at radius 3 is 2.57 bits per heavy atom. The number of benzene rings is 1. The lowest BCUT2D eigenvalue weighted by molar-refractivity contribution is -0.131. The number of carbonyl (C=O) groups excluding carboxylic acids is 1. The second-order valence-electron chi connectivity index (χ2n) is 4.95. The number of hydrogen-bond acceptors (Lipinski definition) is 3. The van der Waals surface area contributed by atoms with E-state index in [1.807, 2.05) is 0 Å². The van der Waals surface area contributed by atoms with Crippen LogP contribution >= 0.6 is 11.6 Å².